The Kier molecular flexibility index (Phi) is 2.34. The van der Waals surface area contributed by atoms with Crippen LogP contribution in [-0.4, -0.2) is 5.60 Å². The average Bonchev–Trinajstić information content (AvgIpc) is 2.88. The molecule has 1 spiro atoms. The lowest BCUT2D eigenvalue weighted by atomic mass is 9.76. The zero-order valence-electron chi connectivity index (χ0n) is 10.4. The predicted octanol–water partition coefficient (Wildman–Crippen LogP) is 3.79. The monoisotopic (exact) mass is 307 g/mol. The second kappa shape index (κ2) is 3.73. The number of hydrogen-bond acceptors (Lipinski definition) is 2. The Hall–Kier alpha value is -0.540. The molecule has 2 saturated carbocycles. The van der Waals surface area contributed by atoms with Crippen molar-refractivity contribution >= 4 is 15.9 Å². The Bertz CT molecular complexity index is 503. The van der Waals surface area contributed by atoms with Gasteiger partial charge in [-0.25, -0.2) is 0 Å². The van der Waals surface area contributed by atoms with Crippen LogP contribution in [-0.2, 0) is 0 Å². The maximum atomic E-state index is 6.46. The van der Waals surface area contributed by atoms with Crippen molar-refractivity contribution in [1.82, 2.24) is 0 Å². The standard InChI is InChI=1S/C15H18BrNO/c16-11-3-4-12-13(17)8-15(18-14(12)6-11)7-9-1-2-10(15)5-9/h3-4,6,9-10,13H,1-2,5,7-8,17H2/t9?,10?,13-,15?/m0/s1. The fourth-order valence-corrected chi connectivity index (χ4v) is 4.75. The van der Waals surface area contributed by atoms with Crippen LogP contribution in [0.5, 0.6) is 5.75 Å². The van der Waals surface area contributed by atoms with Gasteiger partial charge in [0, 0.05) is 22.5 Å². The molecule has 0 aromatic heterocycles. The van der Waals surface area contributed by atoms with Crippen molar-refractivity contribution in [2.75, 3.05) is 0 Å². The fraction of sp³-hybridized carbons (Fsp3) is 0.600. The van der Waals surface area contributed by atoms with Crippen LogP contribution < -0.4 is 10.5 Å². The molecule has 2 fully saturated rings. The molecule has 96 valence electrons. The normalized spacial score (nSPS) is 40.9. The van der Waals surface area contributed by atoms with Crippen LogP contribution in [0.2, 0.25) is 0 Å². The van der Waals surface area contributed by atoms with E-state index in [9.17, 15) is 0 Å². The molecular weight excluding hydrogens is 290 g/mol. The van der Waals surface area contributed by atoms with Gasteiger partial charge >= 0.3 is 0 Å². The van der Waals surface area contributed by atoms with Crippen LogP contribution in [0.1, 0.15) is 43.7 Å². The van der Waals surface area contributed by atoms with E-state index >= 15 is 0 Å². The molecule has 1 heterocycles. The summed E-state index contributed by atoms with van der Waals surface area (Å²) in [4.78, 5) is 0. The van der Waals surface area contributed by atoms with E-state index in [4.69, 9.17) is 10.5 Å². The molecule has 18 heavy (non-hydrogen) atoms. The Balaban J connectivity index is 1.75. The Morgan fingerprint density at radius 2 is 2.17 bits per heavy atom. The van der Waals surface area contributed by atoms with Gasteiger partial charge in [-0.05, 0) is 49.7 Å². The van der Waals surface area contributed by atoms with Crippen molar-refractivity contribution in [2.24, 2.45) is 17.6 Å². The van der Waals surface area contributed by atoms with E-state index in [2.05, 4.69) is 34.1 Å². The Labute approximate surface area is 116 Å². The van der Waals surface area contributed by atoms with E-state index in [1.54, 1.807) is 0 Å². The van der Waals surface area contributed by atoms with Gasteiger partial charge in [0.1, 0.15) is 11.4 Å². The molecule has 2 bridgehead atoms. The first kappa shape index (κ1) is 11.3. The summed E-state index contributed by atoms with van der Waals surface area (Å²) in [6.45, 7) is 0. The molecule has 4 atom stereocenters. The minimum atomic E-state index is 0.0517. The third kappa shape index (κ3) is 1.50. The zero-order chi connectivity index (χ0) is 12.3. The van der Waals surface area contributed by atoms with Crippen LogP contribution in [0.25, 0.3) is 0 Å². The van der Waals surface area contributed by atoms with Gasteiger partial charge in [0.2, 0.25) is 0 Å². The number of nitrogens with two attached hydrogens (primary N) is 1. The quantitative estimate of drug-likeness (QED) is 0.791. The first-order chi connectivity index (χ1) is 8.66. The first-order valence-electron chi connectivity index (χ1n) is 6.90. The maximum absolute atomic E-state index is 6.46. The molecule has 0 saturated heterocycles. The summed E-state index contributed by atoms with van der Waals surface area (Å²) in [5, 5.41) is 0. The third-order valence-corrected chi connectivity index (χ3v) is 5.67. The van der Waals surface area contributed by atoms with Crippen molar-refractivity contribution in [2.45, 2.75) is 43.7 Å². The van der Waals surface area contributed by atoms with Crippen LogP contribution in [0.15, 0.2) is 22.7 Å². The molecule has 3 heteroatoms. The Morgan fingerprint density at radius 1 is 1.28 bits per heavy atom. The van der Waals surface area contributed by atoms with E-state index in [0.717, 1.165) is 28.5 Å². The second-order valence-corrected chi connectivity index (χ2v) is 7.16. The van der Waals surface area contributed by atoms with Gasteiger partial charge in [-0.15, -0.1) is 0 Å². The highest BCUT2D eigenvalue weighted by Crippen LogP contribution is 2.57. The number of hydrogen-bond donors (Lipinski definition) is 1. The van der Waals surface area contributed by atoms with Gasteiger partial charge in [0.25, 0.3) is 0 Å². The van der Waals surface area contributed by atoms with Crippen LogP contribution in [0.4, 0.5) is 0 Å². The van der Waals surface area contributed by atoms with E-state index in [0.29, 0.717) is 0 Å². The highest BCUT2D eigenvalue weighted by Gasteiger charge is 2.55. The molecule has 1 aromatic carbocycles. The lowest BCUT2D eigenvalue weighted by Crippen LogP contribution is -2.47. The largest absolute Gasteiger partial charge is 0.487 e. The van der Waals surface area contributed by atoms with E-state index in [1.807, 2.05) is 0 Å². The lowest BCUT2D eigenvalue weighted by Gasteiger charge is -2.44. The molecule has 0 amide bonds. The number of fused-ring (bicyclic) bond motifs is 4. The molecule has 2 N–H and O–H groups in total. The SMILES string of the molecule is N[C@H]1CC2(CC3CCC2C3)Oc2cc(Br)ccc21. The van der Waals surface area contributed by atoms with E-state index < -0.39 is 0 Å². The number of rotatable bonds is 0. The fourth-order valence-electron chi connectivity index (χ4n) is 4.41. The van der Waals surface area contributed by atoms with Crippen molar-refractivity contribution in [1.29, 1.82) is 0 Å². The van der Waals surface area contributed by atoms with E-state index in [1.165, 1.54) is 31.2 Å². The van der Waals surface area contributed by atoms with E-state index in [-0.39, 0.29) is 11.6 Å². The smallest absolute Gasteiger partial charge is 0.126 e. The maximum Gasteiger partial charge on any atom is 0.126 e. The highest BCUT2D eigenvalue weighted by atomic mass is 79.9. The number of halogens is 1. The molecule has 1 aliphatic heterocycles. The number of ether oxygens (including phenoxy) is 1. The molecule has 1 aromatic rings. The molecule has 2 nitrogen and oxygen atoms in total. The zero-order valence-corrected chi connectivity index (χ0v) is 11.9. The summed E-state index contributed by atoms with van der Waals surface area (Å²) >= 11 is 3.53. The second-order valence-electron chi connectivity index (χ2n) is 6.24. The minimum Gasteiger partial charge on any atom is -0.487 e. The van der Waals surface area contributed by atoms with Gasteiger partial charge < -0.3 is 10.5 Å². The van der Waals surface area contributed by atoms with Gasteiger partial charge in [-0.2, -0.15) is 0 Å². The minimum absolute atomic E-state index is 0.0517. The van der Waals surface area contributed by atoms with Gasteiger partial charge in [0.15, 0.2) is 0 Å². The predicted molar refractivity (Wildman–Crippen MR) is 74.5 cm³/mol. The molecule has 3 unspecified atom stereocenters. The van der Waals surface area contributed by atoms with Crippen LogP contribution in [0.3, 0.4) is 0 Å². The molecule has 0 radical (unpaired) electrons. The molecule has 4 rings (SSSR count). The molecular formula is C15H18BrNO. The lowest BCUT2D eigenvalue weighted by molar-refractivity contribution is -0.0141. The van der Waals surface area contributed by atoms with Gasteiger partial charge in [-0.3, -0.25) is 0 Å². The van der Waals surface area contributed by atoms with Gasteiger partial charge in [-0.1, -0.05) is 22.0 Å². The number of benzene rings is 1. The summed E-state index contributed by atoms with van der Waals surface area (Å²) in [5.41, 5.74) is 7.61. The topological polar surface area (TPSA) is 35.2 Å². The van der Waals surface area contributed by atoms with Crippen molar-refractivity contribution in [3.63, 3.8) is 0 Å². The average molecular weight is 308 g/mol. The molecule has 3 aliphatic rings. The van der Waals surface area contributed by atoms with Crippen LogP contribution >= 0.6 is 15.9 Å². The summed E-state index contributed by atoms with van der Waals surface area (Å²) < 4.78 is 7.53. The summed E-state index contributed by atoms with van der Waals surface area (Å²) in [6, 6.07) is 6.38. The third-order valence-electron chi connectivity index (χ3n) is 5.17. The van der Waals surface area contributed by atoms with Crippen molar-refractivity contribution < 1.29 is 4.74 Å². The summed E-state index contributed by atoms with van der Waals surface area (Å²) in [6.07, 6.45) is 6.31. The Morgan fingerprint density at radius 3 is 2.89 bits per heavy atom. The van der Waals surface area contributed by atoms with Crippen molar-refractivity contribution in [3.8, 4) is 5.75 Å². The van der Waals surface area contributed by atoms with Crippen molar-refractivity contribution in [3.05, 3.63) is 28.2 Å². The summed E-state index contributed by atoms with van der Waals surface area (Å²) in [5.74, 6) is 2.63. The summed E-state index contributed by atoms with van der Waals surface area (Å²) in [7, 11) is 0. The molecule has 2 aliphatic carbocycles. The van der Waals surface area contributed by atoms with Crippen LogP contribution in [0, 0.1) is 11.8 Å². The van der Waals surface area contributed by atoms with Gasteiger partial charge in [0.05, 0.1) is 0 Å². The highest BCUT2D eigenvalue weighted by molar-refractivity contribution is 9.10. The first-order valence-corrected chi connectivity index (χ1v) is 7.70.